The fraction of sp³-hybridized carbons (Fsp3) is 0.455. The zero-order chi connectivity index (χ0) is 12.7. The van der Waals surface area contributed by atoms with E-state index in [1.54, 1.807) is 26.2 Å². The summed E-state index contributed by atoms with van der Waals surface area (Å²) >= 11 is 0. The minimum atomic E-state index is -3.14. The molecule has 0 aliphatic rings. The van der Waals surface area contributed by atoms with Crippen LogP contribution in [0.5, 0.6) is 11.5 Å². The molecular weight excluding hydrogens is 242 g/mol. The van der Waals surface area contributed by atoms with Crippen LogP contribution < -0.4 is 14.2 Å². The van der Waals surface area contributed by atoms with E-state index in [0.717, 1.165) is 0 Å². The molecule has 0 aromatic heterocycles. The third kappa shape index (κ3) is 5.06. The normalized spacial score (nSPS) is 11.2. The van der Waals surface area contributed by atoms with E-state index >= 15 is 0 Å². The van der Waals surface area contributed by atoms with E-state index in [9.17, 15) is 8.42 Å². The van der Waals surface area contributed by atoms with Crippen molar-refractivity contribution in [1.29, 1.82) is 0 Å². The molecule has 17 heavy (non-hydrogen) atoms. The Morgan fingerprint density at radius 1 is 1.29 bits per heavy atom. The summed E-state index contributed by atoms with van der Waals surface area (Å²) in [5.74, 6) is 1.43. The molecule has 1 aromatic rings. The van der Waals surface area contributed by atoms with Crippen molar-refractivity contribution < 1.29 is 17.9 Å². The molecule has 5 nitrogen and oxygen atoms in total. The Morgan fingerprint density at radius 3 is 2.65 bits per heavy atom. The minimum Gasteiger partial charge on any atom is -0.497 e. The molecule has 0 aliphatic carbocycles. The Morgan fingerprint density at radius 2 is 2.00 bits per heavy atom. The van der Waals surface area contributed by atoms with Gasteiger partial charge in [0.25, 0.3) is 0 Å². The van der Waals surface area contributed by atoms with Crippen molar-refractivity contribution in [2.75, 3.05) is 26.0 Å². The molecule has 0 bridgehead atoms. The number of rotatable bonds is 7. The van der Waals surface area contributed by atoms with Gasteiger partial charge in [0.1, 0.15) is 18.1 Å². The van der Waals surface area contributed by atoms with Gasteiger partial charge in [-0.2, -0.15) is 0 Å². The van der Waals surface area contributed by atoms with Gasteiger partial charge in [0.05, 0.1) is 12.9 Å². The van der Waals surface area contributed by atoms with Crippen LogP contribution in [0.3, 0.4) is 0 Å². The van der Waals surface area contributed by atoms with Gasteiger partial charge in [-0.05, 0) is 19.1 Å². The van der Waals surface area contributed by atoms with Gasteiger partial charge in [-0.15, -0.1) is 0 Å². The van der Waals surface area contributed by atoms with Crippen molar-refractivity contribution in [1.82, 2.24) is 4.72 Å². The average Bonchev–Trinajstić information content (AvgIpc) is 2.35. The highest BCUT2D eigenvalue weighted by Gasteiger charge is 2.04. The lowest BCUT2D eigenvalue weighted by molar-refractivity contribution is 0.320. The average molecular weight is 259 g/mol. The second kappa shape index (κ2) is 6.46. The Labute approximate surface area is 102 Å². The summed E-state index contributed by atoms with van der Waals surface area (Å²) in [7, 11) is -1.56. The van der Waals surface area contributed by atoms with Crippen LogP contribution in [0, 0.1) is 0 Å². The van der Waals surface area contributed by atoms with E-state index in [1.165, 1.54) is 0 Å². The van der Waals surface area contributed by atoms with Crippen molar-refractivity contribution in [2.24, 2.45) is 0 Å². The summed E-state index contributed by atoms with van der Waals surface area (Å²) in [5.41, 5.74) is 0. The van der Waals surface area contributed by atoms with Crippen molar-refractivity contribution in [2.45, 2.75) is 6.92 Å². The van der Waals surface area contributed by atoms with E-state index in [-0.39, 0.29) is 18.9 Å². The smallest absolute Gasteiger partial charge is 0.211 e. The third-order valence-electron chi connectivity index (χ3n) is 2.11. The quantitative estimate of drug-likeness (QED) is 0.742. The molecule has 0 unspecified atom stereocenters. The van der Waals surface area contributed by atoms with Gasteiger partial charge in [-0.1, -0.05) is 6.07 Å². The van der Waals surface area contributed by atoms with E-state index in [4.69, 9.17) is 9.47 Å². The summed E-state index contributed by atoms with van der Waals surface area (Å²) < 4.78 is 35.1. The first-order chi connectivity index (χ1) is 8.07. The molecule has 0 spiro atoms. The number of benzene rings is 1. The molecule has 0 saturated heterocycles. The molecule has 1 aromatic carbocycles. The largest absolute Gasteiger partial charge is 0.497 e. The highest BCUT2D eigenvalue weighted by Crippen LogP contribution is 2.18. The third-order valence-corrected chi connectivity index (χ3v) is 3.52. The first kappa shape index (κ1) is 13.8. The summed E-state index contributed by atoms with van der Waals surface area (Å²) in [4.78, 5) is 0. The summed E-state index contributed by atoms with van der Waals surface area (Å²) in [6.45, 7) is 2.13. The summed E-state index contributed by atoms with van der Waals surface area (Å²) in [6.07, 6.45) is 0. The SMILES string of the molecule is CCS(=O)(=O)NCCOc1cccc(OC)c1. The number of ether oxygens (including phenoxy) is 2. The fourth-order valence-corrected chi connectivity index (χ4v) is 1.76. The molecule has 0 heterocycles. The van der Waals surface area contributed by atoms with Crippen LogP contribution in [-0.2, 0) is 10.0 Å². The highest BCUT2D eigenvalue weighted by atomic mass is 32.2. The molecule has 6 heteroatoms. The molecule has 0 amide bonds. The van der Waals surface area contributed by atoms with Crippen LogP contribution in [0.1, 0.15) is 6.92 Å². The Bertz CT molecular complexity index is 445. The Balaban J connectivity index is 2.36. The van der Waals surface area contributed by atoms with Gasteiger partial charge in [0, 0.05) is 12.6 Å². The van der Waals surface area contributed by atoms with Crippen LogP contribution in [0.2, 0.25) is 0 Å². The van der Waals surface area contributed by atoms with Gasteiger partial charge in [-0.3, -0.25) is 0 Å². The first-order valence-electron chi connectivity index (χ1n) is 5.31. The number of nitrogens with one attached hydrogen (secondary N) is 1. The van der Waals surface area contributed by atoms with Crippen LogP contribution in [0.25, 0.3) is 0 Å². The van der Waals surface area contributed by atoms with E-state index in [1.807, 2.05) is 12.1 Å². The van der Waals surface area contributed by atoms with E-state index in [2.05, 4.69) is 4.72 Å². The molecule has 1 rings (SSSR count). The monoisotopic (exact) mass is 259 g/mol. The zero-order valence-electron chi connectivity index (χ0n) is 9.97. The number of sulfonamides is 1. The van der Waals surface area contributed by atoms with Crippen molar-refractivity contribution >= 4 is 10.0 Å². The minimum absolute atomic E-state index is 0.0756. The van der Waals surface area contributed by atoms with Crippen LogP contribution >= 0.6 is 0 Å². The summed E-state index contributed by atoms with van der Waals surface area (Å²) in [6, 6.07) is 7.15. The number of hydrogen-bond acceptors (Lipinski definition) is 4. The standard InChI is InChI=1S/C11H17NO4S/c1-3-17(13,14)12-7-8-16-11-6-4-5-10(9-11)15-2/h4-6,9,12H,3,7-8H2,1-2H3. The molecule has 1 N–H and O–H groups in total. The molecule has 0 saturated carbocycles. The van der Waals surface area contributed by atoms with Gasteiger partial charge >= 0.3 is 0 Å². The lowest BCUT2D eigenvalue weighted by Gasteiger charge is -2.08. The highest BCUT2D eigenvalue weighted by molar-refractivity contribution is 7.89. The second-order valence-corrected chi connectivity index (χ2v) is 5.42. The van der Waals surface area contributed by atoms with Gasteiger partial charge < -0.3 is 9.47 Å². The van der Waals surface area contributed by atoms with Crippen LogP contribution in [0.15, 0.2) is 24.3 Å². The maximum absolute atomic E-state index is 11.1. The maximum atomic E-state index is 11.1. The predicted molar refractivity (Wildman–Crippen MR) is 66.0 cm³/mol. The molecule has 0 atom stereocenters. The van der Waals surface area contributed by atoms with Crippen LogP contribution in [-0.4, -0.2) is 34.4 Å². The van der Waals surface area contributed by atoms with Crippen LogP contribution in [0.4, 0.5) is 0 Å². The molecule has 0 fully saturated rings. The summed E-state index contributed by atoms with van der Waals surface area (Å²) in [5, 5.41) is 0. The zero-order valence-corrected chi connectivity index (χ0v) is 10.8. The van der Waals surface area contributed by atoms with Gasteiger partial charge in [-0.25, -0.2) is 13.1 Å². The maximum Gasteiger partial charge on any atom is 0.211 e. The van der Waals surface area contributed by atoms with Crippen molar-refractivity contribution in [3.63, 3.8) is 0 Å². The molecule has 0 radical (unpaired) electrons. The lowest BCUT2D eigenvalue weighted by atomic mass is 10.3. The van der Waals surface area contributed by atoms with Crippen molar-refractivity contribution in [3.8, 4) is 11.5 Å². The topological polar surface area (TPSA) is 64.6 Å². The molecule has 0 aliphatic heterocycles. The van der Waals surface area contributed by atoms with E-state index in [0.29, 0.717) is 11.5 Å². The number of methoxy groups -OCH3 is 1. The predicted octanol–water partition coefficient (Wildman–Crippen LogP) is 1.01. The lowest BCUT2D eigenvalue weighted by Crippen LogP contribution is -2.29. The fourth-order valence-electron chi connectivity index (χ4n) is 1.16. The number of hydrogen-bond donors (Lipinski definition) is 1. The molecular formula is C11H17NO4S. The Hall–Kier alpha value is -1.27. The van der Waals surface area contributed by atoms with Gasteiger partial charge in [0.2, 0.25) is 10.0 Å². The van der Waals surface area contributed by atoms with Crippen molar-refractivity contribution in [3.05, 3.63) is 24.3 Å². The van der Waals surface area contributed by atoms with Gasteiger partial charge in [0.15, 0.2) is 0 Å². The Kier molecular flexibility index (Phi) is 5.24. The molecule has 96 valence electrons. The second-order valence-electron chi connectivity index (χ2n) is 3.33. The first-order valence-corrected chi connectivity index (χ1v) is 6.97. The van der Waals surface area contributed by atoms with E-state index < -0.39 is 10.0 Å².